The molecular weight excluding hydrogens is 244 g/mol. The number of rotatable bonds is 2. The minimum Gasteiger partial charge on any atom is -0.327 e. The first-order valence-corrected chi connectivity index (χ1v) is 7.03. The van der Waals surface area contributed by atoms with Crippen molar-refractivity contribution in [1.29, 1.82) is 0 Å². The van der Waals surface area contributed by atoms with Crippen LogP contribution in [0.25, 0.3) is 0 Å². The van der Waals surface area contributed by atoms with Gasteiger partial charge in [-0.1, -0.05) is 27.2 Å². The molecule has 0 bridgehead atoms. The fraction of sp³-hybridized carbons (Fsp3) is 0.625. The molecule has 3 atom stereocenters. The first kappa shape index (κ1) is 14.4. The molecule has 19 heavy (non-hydrogen) atoms. The van der Waals surface area contributed by atoms with Crippen LogP contribution in [0.15, 0.2) is 18.2 Å². The van der Waals surface area contributed by atoms with Crippen molar-refractivity contribution in [3.63, 3.8) is 0 Å². The number of hydrogen-bond acceptors (Lipinski definition) is 1. The molecule has 1 aliphatic carbocycles. The van der Waals surface area contributed by atoms with Crippen molar-refractivity contribution in [2.75, 3.05) is 0 Å². The minimum atomic E-state index is -0.439. The molecule has 106 valence electrons. The van der Waals surface area contributed by atoms with Crippen LogP contribution < -0.4 is 5.73 Å². The van der Waals surface area contributed by atoms with Gasteiger partial charge in [0.05, 0.1) is 0 Å². The van der Waals surface area contributed by atoms with E-state index in [0.717, 1.165) is 25.3 Å². The molecule has 3 heteroatoms. The van der Waals surface area contributed by atoms with Crippen LogP contribution in [-0.4, -0.2) is 6.04 Å². The lowest BCUT2D eigenvalue weighted by Crippen LogP contribution is -2.46. The molecule has 3 unspecified atom stereocenters. The number of benzene rings is 1. The Bertz CT molecular complexity index is 456. The van der Waals surface area contributed by atoms with Crippen molar-refractivity contribution >= 4 is 0 Å². The lowest BCUT2D eigenvalue weighted by molar-refractivity contribution is 0.168. The fourth-order valence-corrected chi connectivity index (χ4v) is 3.51. The largest absolute Gasteiger partial charge is 0.327 e. The van der Waals surface area contributed by atoms with Crippen LogP contribution in [0.4, 0.5) is 8.78 Å². The van der Waals surface area contributed by atoms with E-state index in [1.165, 1.54) is 12.1 Å². The van der Waals surface area contributed by atoms with Crippen molar-refractivity contribution in [3.05, 3.63) is 35.4 Å². The van der Waals surface area contributed by atoms with Crippen LogP contribution >= 0.6 is 0 Å². The van der Waals surface area contributed by atoms with Gasteiger partial charge in [-0.3, -0.25) is 0 Å². The fourth-order valence-electron chi connectivity index (χ4n) is 3.51. The highest BCUT2D eigenvalue weighted by molar-refractivity contribution is 5.28. The summed E-state index contributed by atoms with van der Waals surface area (Å²) in [5.41, 5.74) is 6.27. The lowest BCUT2D eigenvalue weighted by atomic mass is 9.64. The summed E-state index contributed by atoms with van der Waals surface area (Å²) in [7, 11) is 0. The molecule has 1 nitrogen and oxygen atoms in total. The molecular formula is C16H23F2N. The van der Waals surface area contributed by atoms with Crippen LogP contribution in [0.2, 0.25) is 0 Å². The third kappa shape index (κ3) is 2.81. The third-order valence-electron chi connectivity index (χ3n) is 4.71. The van der Waals surface area contributed by atoms with E-state index in [1.54, 1.807) is 0 Å². The Kier molecular flexibility index (Phi) is 3.95. The van der Waals surface area contributed by atoms with Gasteiger partial charge in [-0.15, -0.1) is 0 Å². The van der Waals surface area contributed by atoms with Crippen molar-refractivity contribution in [1.82, 2.24) is 0 Å². The predicted octanol–water partition coefficient (Wildman–Crippen LogP) is 4.01. The molecule has 1 aliphatic rings. The average molecular weight is 267 g/mol. The number of nitrogens with two attached hydrogens (primary N) is 1. The Morgan fingerprint density at radius 3 is 2.53 bits per heavy atom. The zero-order valence-electron chi connectivity index (χ0n) is 11.9. The molecule has 0 heterocycles. The Balaban J connectivity index is 2.33. The second-order valence-electron chi connectivity index (χ2n) is 6.53. The van der Waals surface area contributed by atoms with Gasteiger partial charge < -0.3 is 5.73 Å². The zero-order valence-corrected chi connectivity index (χ0v) is 11.9. The summed E-state index contributed by atoms with van der Waals surface area (Å²) >= 11 is 0. The summed E-state index contributed by atoms with van der Waals surface area (Å²) in [4.78, 5) is 0. The Morgan fingerprint density at radius 2 is 1.89 bits per heavy atom. The Morgan fingerprint density at radius 1 is 1.21 bits per heavy atom. The second kappa shape index (κ2) is 5.20. The molecule has 0 saturated heterocycles. The van der Waals surface area contributed by atoms with E-state index >= 15 is 0 Å². The number of hydrogen-bond donors (Lipinski definition) is 1. The average Bonchev–Trinajstić information content (AvgIpc) is 2.31. The van der Waals surface area contributed by atoms with Gasteiger partial charge in [0.15, 0.2) is 0 Å². The Hall–Kier alpha value is -0.960. The molecule has 0 radical (unpaired) electrons. The highest BCUT2D eigenvalue weighted by Crippen LogP contribution is 2.42. The van der Waals surface area contributed by atoms with Gasteiger partial charge >= 0.3 is 0 Å². The maximum Gasteiger partial charge on any atom is 0.127 e. The van der Waals surface area contributed by atoms with Gasteiger partial charge in [-0.2, -0.15) is 0 Å². The van der Waals surface area contributed by atoms with E-state index in [4.69, 9.17) is 5.73 Å². The van der Waals surface area contributed by atoms with Crippen LogP contribution in [0, 0.1) is 23.5 Å². The van der Waals surface area contributed by atoms with Crippen LogP contribution in [0.5, 0.6) is 0 Å². The normalized spacial score (nSPS) is 28.4. The SMILES string of the molecule is CC1CCC(C(C)(C)c2cc(F)ccc2F)C(N)C1. The molecule has 0 aromatic heterocycles. The van der Waals surface area contributed by atoms with E-state index in [0.29, 0.717) is 11.5 Å². The molecule has 0 aliphatic heterocycles. The molecule has 0 spiro atoms. The minimum absolute atomic E-state index is 0.0569. The smallest absolute Gasteiger partial charge is 0.127 e. The summed E-state index contributed by atoms with van der Waals surface area (Å²) in [5.74, 6) is 0.0962. The number of halogens is 2. The van der Waals surface area contributed by atoms with E-state index in [2.05, 4.69) is 6.92 Å². The molecule has 1 saturated carbocycles. The van der Waals surface area contributed by atoms with Crippen molar-refractivity contribution in [2.24, 2.45) is 17.6 Å². The van der Waals surface area contributed by atoms with E-state index < -0.39 is 5.41 Å². The van der Waals surface area contributed by atoms with Crippen LogP contribution in [0.3, 0.4) is 0 Å². The van der Waals surface area contributed by atoms with Gasteiger partial charge in [-0.25, -0.2) is 8.78 Å². The van der Waals surface area contributed by atoms with E-state index in [1.807, 2.05) is 13.8 Å². The molecule has 2 rings (SSSR count). The highest BCUT2D eigenvalue weighted by Gasteiger charge is 2.39. The first-order chi connectivity index (χ1) is 8.82. The van der Waals surface area contributed by atoms with Crippen molar-refractivity contribution in [3.8, 4) is 0 Å². The summed E-state index contributed by atoms with van der Waals surface area (Å²) in [6.45, 7) is 6.16. The molecule has 0 amide bonds. The maximum atomic E-state index is 14.0. The quantitative estimate of drug-likeness (QED) is 0.861. The van der Waals surface area contributed by atoms with Gasteiger partial charge in [0.2, 0.25) is 0 Å². The van der Waals surface area contributed by atoms with Crippen molar-refractivity contribution < 1.29 is 8.78 Å². The van der Waals surface area contributed by atoms with Crippen LogP contribution in [0.1, 0.15) is 45.6 Å². The summed E-state index contributed by atoms with van der Waals surface area (Å²) in [6, 6.07) is 3.75. The molecule has 1 aromatic carbocycles. The monoisotopic (exact) mass is 267 g/mol. The molecule has 2 N–H and O–H groups in total. The van der Waals surface area contributed by atoms with Gasteiger partial charge in [0.1, 0.15) is 11.6 Å². The zero-order chi connectivity index (χ0) is 14.2. The summed E-state index contributed by atoms with van der Waals surface area (Å²) in [6.07, 6.45) is 3.05. The van der Waals surface area contributed by atoms with E-state index in [-0.39, 0.29) is 23.6 Å². The standard InChI is InChI=1S/C16H23F2N/c1-10-4-6-12(15(19)8-10)16(2,3)13-9-11(17)5-7-14(13)18/h5,7,9-10,12,15H,4,6,8,19H2,1-3H3. The van der Waals surface area contributed by atoms with Gasteiger partial charge in [-0.05, 0) is 53.9 Å². The topological polar surface area (TPSA) is 26.0 Å². The third-order valence-corrected chi connectivity index (χ3v) is 4.71. The van der Waals surface area contributed by atoms with Gasteiger partial charge in [0, 0.05) is 6.04 Å². The predicted molar refractivity (Wildman–Crippen MR) is 73.9 cm³/mol. The molecule has 1 fully saturated rings. The Labute approximate surface area is 114 Å². The molecule has 1 aromatic rings. The van der Waals surface area contributed by atoms with E-state index in [9.17, 15) is 8.78 Å². The second-order valence-corrected chi connectivity index (χ2v) is 6.53. The van der Waals surface area contributed by atoms with Crippen LogP contribution in [-0.2, 0) is 5.41 Å². The lowest BCUT2D eigenvalue weighted by Gasteiger charge is -2.43. The maximum absolute atomic E-state index is 14.0. The highest BCUT2D eigenvalue weighted by atomic mass is 19.1. The van der Waals surface area contributed by atoms with Crippen molar-refractivity contribution in [2.45, 2.75) is 51.5 Å². The van der Waals surface area contributed by atoms with Gasteiger partial charge in [0.25, 0.3) is 0 Å². The summed E-state index contributed by atoms with van der Waals surface area (Å²) in [5, 5.41) is 0. The summed E-state index contributed by atoms with van der Waals surface area (Å²) < 4.78 is 27.4. The first-order valence-electron chi connectivity index (χ1n) is 7.03.